The van der Waals surface area contributed by atoms with Gasteiger partial charge < -0.3 is 10.2 Å². The Hall–Kier alpha value is 1.03. The molecule has 0 N–H and O–H groups in total. The first-order valence-corrected chi connectivity index (χ1v) is 4.06. The number of thioether (sulfide) groups is 1. The van der Waals surface area contributed by atoms with Gasteiger partial charge in [0.2, 0.25) is 0 Å². The summed E-state index contributed by atoms with van der Waals surface area (Å²) in [4.78, 5) is 0. The number of hydrogen-bond donors (Lipinski definition) is 0. The SMILES string of the molecule is C=C([O-])/C=C(\[O-])SC(C)(C)C.[Li+].[Na+]. The smallest absolute Gasteiger partial charge is 0.873 e. The third kappa shape index (κ3) is 15.8. The molecular weight excluding hydrogens is 190 g/mol. The molecule has 0 bridgehead atoms. The van der Waals surface area contributed by atoms with Crippen LogP contribution in [0.1, 0.15) is 20.8 Å². The molecule has 0 spiro atoms. The number of rotatable bonds is 2. The van der Waals surface area contributed by atoms with Crippen molar-refractivity contribution in [2.24, 2.45) is 0 Å². The van der Waals surface area contributed by atoms with Gasteiger partial charge in [0.15, 0.2) is 0 Å². The monoisotopic (exact) mass is 202 g/mol. The fraction of sp³-hybridized carbons (Fsp3) is 0.500. The second-order valence-corrected chi connectivity index (χ2v) is 4.98. The molecule has 0 amide bonds. The molecule has 0 aliphatic heterocycles. The Morgan fingerprint density at radius 2 is 1.69 bits per heavy atom. The summed E-state index contributed by atoms with van der Waals surface area (Å²) in [6.45, 7) is 8.82. The van der Waals surface area contributed by atoms with Crippen LogP contribution in [0, 0.1) is 0 Å². The zero-order chi connectivity index (χ0) is 9.07. The van der Waals surface area contributed by atoms with Crippen molar-refractivity contribution in [3.63, 3.8) is 0 Å². The van der Waals surface area contributed by atoms with Gasteiger partial charge in [0.05, 0.1) is 0 Å². The topological polar surface area (TPSA) is 46.1 Å². The van der Waals surface area contributed by atoms with Crippen LogP contribution in [-0.4, -0.2) is 4.75 Å². The minimum absolute atomic E-state index is 0. The zero-order valence-corrected chi connectivity index (χ0v) is 11.8. The molecule has 2 nitrogen and oxygen atoms in total. The maximum absolute atomic E-state index is 10.9. The Morgan fingerprint density at radius 3 is 1.92 bits per heavy atom. The van der Waals surface area contributed by atoms with Crippen molar-refractivity contribution >= 4 is 11.8 Å². The van der Waals surface area contributed by atoms with Crippen molar-refractivity contribution in [1.29, 1.82) is 0 Å². The van der Waals surface area contributed by atoms with Gasteiger partial charge in [-0.25, -0.2) is 0 Å². The molecule has 0 rings (SSSR count). The van der Waals surface area contributed by atoms with Crippen molar-refractivity contribution < 1.29 is 58.6 Å². The van der Waals surface area contributed by atoms with Gasteiger partial charge in [0.1, 0.15) is 0 Å². The van der Waals surface area contributed by atoms with Gasteiger partial charge in [-0.2, -0.15) is 0 Å². The van der Waals surface area contributed by atoms with Crippen LogP contribution in [0.3, 0.4) is 0 Å². The molecule has 64 valence electrons. The molecule has 0 saturated heterocycles. The minimum atomic E-state index is -0.438. The molecule has 0 aromatic carbocycles. The van der Waals surface area contributed by atoms with Crippen LogP contribution >= 0.6 is 11.8 Å². The average Bonchev–Trinajstić information content (AvgIpc) is 1.53. The van der Waals surface area contributed by atoms with Crippen molar-refractivity contribution in [2.75, 3.05) is 0 Å². The van der Waals surface area contributed by atoms with Crippen LogP contribution in [0.25, 0.3) is 0 Å². The fourth-order valence-corrected chi connectivity index (χ4v) is 1.26. The molecule has 0 radical (unpaired) electrons. The summed E-state index contributed by atoms with van der Waals surface area (Å²) in [5.41, 5.74) is 0. The van der Waals surface area contributed by atoms with Crippen molar-refractivity contribution in [3.05, 3.63) is 23.5 Å². The second kappa shape index (κ2) is 8.35. The van der Waals surface area contributed by atoms with Gasteiger partial charge in [-0.05, 0) is 0 Å². The summed E-state index contributed by atoms with van der Waals surface area (Å²) >= 11 is 1.13. The van der Waals surface area contributed by atoms with E-state index in [0.29, 0.717) is 0 Å². The van der Waals surface area contributed by atoms with Gasteiger partial charge in [0, 0.05) is 4.75 Å². The first-order valence-electron chi connectivity index (χ1n) is 3.25. The first-order chi connectivity index (χ1) is 4.81. The van der Waals surface area contributed by atoms with E-state index in [1.165, 1.54) is 0 Å². The van der Waals surface area contributed by atoms with E-state index < -0.39 is 5.76 Å². The molecular formula is C8H12LiNaO2S. The molecule has 0 aliphatic rings. The Bertz CT molecular complexity index is 187. The molecule has 13 heavy (non-hydrogen) atoms. The molecule has 0 aliphatic carbocycles. The van der Waals surface area contributed by atoms with Crippen molar-refractivity contribution in [1.82, 2.24) is 0 Å². The van der Waals surface area contributed by atoms with Crippen LogP contribution in [0.5, 0.6) is 0 Å². The van der Waals surface area contributed by atoms with Gasteiger partial charge in [-0.1, -0.05) is 31.9 Å². The first kappa shape index (κ1) is 19.6. The van der Waals surface area contributed by atoms with Crippen LogP contribution in [0.15, 0.2) is 23.5 Å². The average molecular weight is 202 g/mol. The Morgan fingerprint density at radius 1 is 1.31 bits per heavy atom. The van der Waals surface area contributed by atoms with Crippen LogP contribution in [0.2, 0.25) is 0 Å². The van der Waals surface area contributed by atoms with E-state index in [2.05, 4.69) is 6.58 Å². The molecule has 0 heterocycles. The van der Waals surface area contributed by atoms with Crippen LogP contribution < -0.4 is 58.6 Å². The molecule has 0 saturated carbocycles. The maximum Gasteiger partial charge on any atom is 1.00 e. The van der Waals surface area contributed by atoms with Gasteiger partial charge >= 0.3 is 48.4 Å². The van der Waals surface area contributed by atoms with Gasteiger partial charge in [-0.15, -0.1) is 24.1 Å². The summed E-state index contributed by atoms with van der Waals surface area (Å²) in [7, 11) is 0. The van der Waals surface area contributed by atoms with E-state index in [0.717, 1.165) is 17.8 Å². The Balaban J connectivity index is -0.000000500. The largest absolute Gasteiger partial charge is 1.00 e. The third-order valence-corrected chi connectivity index (χ3v) is 1.62. The maximum atomic E-state index is 10.9. The van der Waals surface area contributed by atoms with E-state index in [1.54, 1.807) is 0 Å². The van der Waals surface area contributed by atoms with Gasteiger partial charge in [0.25, 0.3) is 0 Å². The third-order valence-electron chi connectivity index (χ3n) is 0.686. The van der Waals surface area contributed by atoms with E-state index in [9.17, 15) is 10.2 Å². The molecule has 0 unspecified atom stereocenters. The summed E-state index contributed by atoms with van der Waals surface area (Å²) in [6.07, 6.45) is 1.01. The molecule has 0 aromatic rings. The Labute approximate surface area is 118 Å². The van der Waals surface area contributed by atoms with Crippen LogP contribution in [-0.2, 0) is 0 Å². The van der Waals surface area contributed by atoms with E-state index >= 15 is 0 Å². The molecule has 0 atom stereocenters. The normalized spacial score (nSPS) is 11.2. The minimum Gasteiger partial charge on any atom is -0.873 e. The number of allylic oxidation sites excluding steroid dienone is 1. The summed E-state index contributed by atoms with van der Waals surface area (Å²) < 4.78 is -0.136. The van der Waals surface area contributed by atoms with Crippen molar-refractivity contribution in [3.8, 4) is 0 Å². The summed E-state index contributed by atoms with van der Waals surface area (Å²) in [5.74, 6) is -0.438. The summed E-state index contributed by atoms with van der Waals surface area (Å²) in [6, 6.07) is 0. The van der Waals surface area contributed by atoms with E-state index in [4.69, 9.17) is 0 Å². The quantitative estimate of drug-likeness (QED) is 0.255. The van der Waals surface area contributed by atoms with Crippen molar-refractivity contribution in [2.45, 2.75) is 25.5 Å². The standard InChI is InChI=1S/C8H14O2S.Li.Na/c1-6(9)5-7(10)11-8(2,3)4;;/h5,9-10H,1H2,2-4H3;;/q;2*+1/p-2/b7-5+;;. The summed E-state index contributed by atoms with van der Waals surface area (Å²) in [5, 5.41) is 21.0. The molecule has 0 aromatic heterocycles. The zero-order valence-electron chi connectivity index (χ0n) is 9.01. The second-order valence-electron chi connectivity index (χ2n) is 3.14. The van der Waals surface area contributed by atoms with E-state index in [1.807, 2.05) is 20.8 Å². The van der Waals surface area contributed by atoms with Crippen LogP contribution in [0.4, 0.5) is 0 Å². The number of hydrogen-bond acceptors (Lipinski definition) is 3. The predicted octanol–water partition coefficient (Wildman–Crippen LogP) is -5.40. The van der Waals surface area contributed by atoms with E-state index in [-0.39, 0.29) is 58.3 Å². The fourth-order valence-electron chi connectivity index (χ4n) is 0.463. The Kier molecular flexibility index (Phi) is 12.6. The predicted molar refractivity (Wildman–Crippen MR) is 44.6 cm³/mol. The molecule has 5 heteroatoms. The van der Waals surface area contributed by atoms with Gasteiger partial charge in [-0.3, -0.25) is 0 Å². The molecule has 0 fully saturated rings.